The Balaban J connectivity index is 1.85. The van der Waals surface area contributed by atoms with Crippen molar-refractivity contribution in [2.45, 2.75) is 4.90 Å². The maximum absolute atomic E-state index is 13.3. The molecule has 1 amide bonds. The molecule has 0 bridgehead atoms. The van der Waals surface area contributed by atoms with Gasteiger partial charge in [-0.05, 0) is 54.6 Å². The summed E-state index contributed by atoms with van der Waals surface area (Å²) in [7, 11) is -2.59. The van der Waals surface area contributed by atoms with Gasteiger partial charge in [0.1, 0.15) is 12.3 Å². The van der Waals surface area contributed by atoms with Gasteiger partial charge in [0, 0.05) is 15.6 Å². The molecule has 166 valence electrons. The van der Waals surface area contributed by atoms with Crippen LogP contribution in [0.3, 0.4) is 0 Å². The number of hydrazone groups is 1. The number of nitrogens with zero attached hydrogens (tertiary/aromatic N) is 2. The summed E-state index contributed by atoms with van der Waals surface area (Å²) in [6.45, 7) is -0.504. The van der Waals surface area contributed by atoms with Crippen LogP contribution in [-0.2, 0) is 14.8 Å². The third-order valence-electron chi connectivity index (χ3n) is 4.35. The summed E-state index contributed by atoms with van der Waals surface area (Å²) in [5.41, 5.74) is 3.21. The van der Waals surface area contributed by atoms with Gasteiger partial charge in [-0.2, -0.15) is 5.10 Å². The molecule has 10 heteroatoms. The first-order valence-electron chi connectivity index (χ1n) is 9.30. The van der Waals surface area contributed by atoms with Crippen LogP contribution in [0.1, 0.15) is 5.56 Å². The molecule has 3 aromatic rings. The van der Waals surface area contributed by atoms with Crippen molar-refractivity contribution in [2.75, 3.05) is 18.0 Å². The number of sulfonamides is 1. The third kappa shape index (κ3) is 5.79. The Hall–Kier alpha value is -3.07. The lowest BCUT2D eigenvalue weighted by atomic mass is 10.2. The molecule has 0 atom stereocenters. The smallest absolute Gasteiger partial charge is 0.264 e. The zero-order valence-electron chi connectivity index (χ0n) is 16.9. The van der Waals surface area contributed by atoms with Crippen LogP contribution in [-0.4, -0.2) is 34.2 Å². The standard InChI is InChI=1S/C22H19Cl2N3O4S/c1-31-19-10-12-20(13-11-19)32(29,30)27(18-8-6-17(23)7-9-18)15-22(28)26-25-14-16-4-2-3-5-21(16)24/h2-14H,15H2,1H3,(H,26,28)/b25-14-. The van der Waals surface area contributed by atoms with Crippen molar-refractivity contribution in [1.29, 1.82) is 0 Å². The Morgan fingerprint density at radius 3 is 2.31 bits per heavy atom. The summed E-state index contributed by atoms with van der Waals surface area (Å²) in [6.07, 6.45) is 1.38. The van der Waals surface area contributed by atoms with Crippen LogP contribution >= 0.6 is 23.2 Å². The molecule has 0 fully saturated rings. The number of anilines is 1. The van der Waals surface area contributed by atoms with E-state index in [0.717, 1.165) is 4.31 Å². The molecule has 3 rings (SSSR count). The molecule has 0 aliphatic carbocycles. The van der Waals surface area contributed by atoms with Crippen LogP contribution in [0.25, 0.3) is 0 Å². The predicted molar refractivity (Wildman–Crippen MR) is 126 cm³/mol. The minimum atomic E-state index is -4.07. The molecule has 0 saturated carbocycles. The normalized spacial score (nSPS) is 11.3. The number of hydrogen-bond acceptors (Lipinski definition) is 5. The number of hydrogen-bond donors (Lipinski definition) is 1. The SMILES string of the molecule is COc1ccc(S(=O)(=O)N(CC(=O)N/N=C\c2ccccc2Cl)c2ccc(Cl)cc2)cc1. The number of rotatable bonds is 8. The molecule has 0 heterocycles. The zero-order chi connectivity index (χ0) is 23.1. The van der Waals surface area contributed by atoms with E-state index >= 15 is 0 Å². The lowest BCUT2D eigenvalue weighted by Gasteiger charge is -2.23. The van der Waals surface area contributed by atoms with Crippen LogP contribution < -0.4 is 14.5 Å². The van der Waals surface area contributed by atoms with Gasteiger partial charge in [0.15, 0.2) is 0 Å². The lowest BCUT2D eigenvalue weighted by Crippen LogP contribution is -2.39. The first-order chi connectivity index (χ1) is 15.3. The number of nitrogens with one attached hydrogen (secondary N) is 1. The molecule has 0 saturated heterocycles. The molecule has 1 N–H and O–H groups in total. The third-order valence-corrected chi connectivity index (χ3v) is 6.73. The Labute approximate surface area is 196 Å². The number of halogens is 2. The van der Waals surface area contributed by atoms with E-state index in [2.05, 4.69) is 10.5 Å². The average Bonchev–Trinajstić information content (AvgIpc) is 2.79. The van der Waals surface area contributed by atoms with Gasteiger partial charge in [-0.3, -0.25) is 9.10 Å². The predicted octanol–water partition coefficient (Wildman–Crippen LogP) is 4.35. The molecule has 0 aromatic heterocycles. The second-order valence-electron chi connectivity index (χ2n) is 6.48. The number of carbonyl (C=O) groups is 1. The number of methoxy groups -OCH3 is 1. The van der Waals surface area contributed by atoms with Gasteiger partial charge in [-0.15, -0.1) is 0 Å². The van der Waals surface area contributed by atoms with Crippen molar-refractivity contribution >= 4 is 51.0 Å². The fourth-order valence-corrected chi connectivity index (χ4v) is 4.45. The Morgan fingerprint density at radius 1 is 1.03 bits per heavy atom. The molecule has 0 spiro atoms. The number of carbonyl (C=O) groups excluding carboxylic acids is 1. The summed E-state index contributed by atoms with van der Waals surface area (Å²) in [5.74, 6) is -0.131. The summed E-state index contributed by atoms with van der Waals surface area (Å²) >= 11 is 12.0. The summed E-state index contributed by atoms with van der Waals surface area (Å²) in [4.78, 5) is 12.5. The minimum absolute atomic E-state index is 0.000573. The number of ether oxygens (including phenoxy) is 1. The molecule has 7 nitrogen and oxygen atoms in total. The van der Waals surface area contributed by atoms with E-state index in [4.69, 9.17) is 27.9 Å². The minimum Gasteiger partial charge on any atom is -0.497 e. The Bertz CT molecular complexity index is 1210. The van der Waals surface area contributed by atoms with Crippen molar-refractivity contribution in [1.82, 2.24) is 5.43 Å². The molecule has 0 aliphatic heterocycles. The Morgan fingerprint density at radius 2 is 1.69 bits per heavy atom. The van der Waals surface area contributed by atoms with E-state index in [1.807, 2.05) is 0 Å². The number of benzene rings is 3. The van der Waals surface area contributed by atoms with Crippen molar-refractivity contribution in [2.24, 2.45) is 5.10 Å². The monoisotopic (exact) mass is 491 g/mol. The maximum Gasteiger partial charge on any atom is 0.264 e. The summed E-state index contributed by atoms with van der Waals surface area (Å²) < 4.78 is 32.7. The summed E-state index contributed by atoms with van der Waals surface area (Å²) in [5, 5.41) is 4.78. The highest BCUT2D eigenvalue weighted by atomic mass is 35.5. The number of amides is 1. The zero-order valence-corrected chi connectivity index (χ0v) is 19.2. The van der Waals surface area contributed by atoms with E-state index in [1.165, 1.54) is 49.7 Å². The second-order valence-corrected chi connectivity index (χ2v) is 9.18. The molecule has 0 aliphatic rings. The van der Waals surface area contributed by atoms with Crippen LogP contribution in [0, 0.1) is 0 Å². The molecule has 3 aromatic carbocycles. The van der Waals surface area contributed by atoms with E-state index in [1.54, 1.807) is 36.4 Å². The molecule has 0 radical (unpaired) electrons. The summed E-state index contributed by atoms with van der Waals surface area (Å²) in [6, 6.07) is 19.0. The molecule has 32 heavy (non-hydrogen) atoms. The van der Waals surface area contributed by atoms with Crippen LogP contribution in [0.5, 0.6) is 5.75 Å². The van der Waals surface area contributed by atoms with E-state index in [-0.39, 0.29) is 10.6 Å². The first kappa shape index (κ1) is 23.6. The quantitative estimate of drug-likeness (QED) is 0.374. The molecule has 0 unspecified atom stereocenters. The van der Waals surface area contributed by atoms with Crippen molar-refractivity contribution < 1.29 is 17.9 Å². The fraction of sp³-hybridized carbons (Fsp3) is 0.0909. The average molecular weight is 492 g/mol. The van der Waals surface area contributed by atoms with Crippen molar-refractivity contribution in [3.05, 3.63) is 88.4 Å². The van der Waals surface area contributed by atoms with E-state index < -0.39 is 22.5 Å². The first-order valence-corrected chi connectivity index (χ1v) is 11.5. The maximum atomic E-state index is 13.3. The van der Waals surface area contributed by atoms with Gasteiger partial charge >= 0.3 is 0 Å². The fourth-order valence-electron chi connectivity index (χ4n) is 2.72. The van der Waals surface area contributed by atoms with Crippen LogP contribution in [0.4, 0.5) is 5.69 Å². The van der Waals surface area contributed by atoms with E-state index in [9.17, 15) is 13.2 Å². The Kier molecular flexibility index (Phi) is 7.74. The molecular formula is C22H19Cl2N3O4S. The van der Waals surface area contributed by atoms with Crippen LogP contribution in [0.2, 0.25) is 10.0 Å². The van der Waals surface area contributed by atoms with Gasteiger partial charge in [0.25, 0.3) is 15.9 Å². The highest BCUT2D eigenvalue weighted by Crippen LogP contribution is 2.26. The van der Waals surface area contributed by atoms with Crippen LogP contribution in [0.15, 0.2) is 82.8 Å². The largest absolute Gasteiger partial charge is 0.497 e. The highest BCUT2D eigenvalue weighted by molar-refractivity contribution is 7.92. The van der Waals surface area contributed by atoms with Gasteiger partial charge in [-0.25, -0.2) is 13.8 Å². The second kappa shape index (κ2) is 10.5. The van der Waals surface area contributed by atoms with Gasteiger partial charge < -0.3 is 4.74 Å². The topological polar surface area (TPSA) is 88.1 Å². The van der Waals surface area contributed by atoms with Crippen molar-refractivity contribution in [3.63, 3.8) is 0 Å². The van der Waals surface area contributed by atoms with Gasteiger partial charge in [0.05, 0.1) is 23.9 Å². The van der Waals surface area contributed by atoms with Crippen molar-refractivity contribution in [3.8, 4) is 5.75 Å². The molecular weight excluding hydrogens is 473 g/mol. The van der Waals surface area contributed by atoms with Gasteiger partial charge in [0.2, 0.25) is 0 Å². The highest BCUT2D eigenvalue weighted by Gasteiger charge is 2.27. The van der Waals surface area contributed by atoms with E-state index in [0.29, 0.717) is 21.4 Å². The lowest BCUT2D eigenvalue weighted by molar-refractivity contribution is -0.119. The van der Waals surface area contributed by atoms with Gasteiger partial charge in [-0.1, -0.05) is 41.4 Å².